The third-order valence-corrected chi connectivity index (χ3v) is 5.50. The number of halogens is 1. The summed E-state index contributed by atoms with van der Waals surface area (Å²) in [5, 5.41) is 3.48. The van der Waals surface area contributed by atoms with E-state index in [0.717, 1.165) is 11.1 Å². The van der Waals surface area contributed by atoms with Crippen molar-refractivity contribution in [3.8, 4) is 5.75 Å². The van der Waals surface area contributed by atoms with E-state index in [1.54, 1.807) is 30.3 Å². The monoisotopic (exact) mass is 470 g/mol. The van der Waals surface area contributed by atoms with Gasteiger partial charge in [-0.15, -0.1) is 0 Å². The molecule has 2 aromatic rings. The molecule has 2 aromatic carbocycles. The van der Waals surface area contributed by atoms with Gasteiger partial charge < -0.3 is 14.8 Å². The van der Waals surface area contributed by atoms with E-state index in [1.807, 2.05) is 25.1 Å². The Bertz CT molecular complexity index is 1030. The minimum absolute atomic E-state index is 0.102. The Balaban J connectivity index is 1.88. The van der Waals surface area contributed by atoms with Gasteiger partial charge in [-0.3, -0.25) is 14.5 Å². The van der Waals surface area contributed by atoms with E-state index in [0.29, 0.717) is 42.6 Å². The zero-order valence-electron chi connectivity index (χ0n) is 19.6. The second kappa shape index (κ2) is 10.9. The Morgan fingerprint density at radius 3 is 2.58 bits per heavy atom. The number of amides is 2. The van der Waals surface area contributed by atoms with Crippen LogP contribution in [0.25, 0.3) is 6.08 Å². The second-order valence-corrected chi connectivity index (χ2v) is 9.32. The first-order valence-electron chi connectivity index (χ1n) is 11.1. The van der Waals surface area contributed by atoms with Gasteiger partial charge in [0.2, 0.25) is 5.91 Å². The van der Waals surface area contributed by atoms with Crippen molar-refractivity contribution in [1.82, 2.24) is 5.32 Å². The fourth-order valence-corrected chi connectivity index (χ4v) is 3.52. The van der Waals surface area contributed by atoms with Crippen LogP contribution in [0.2, 0.25) is 5.02 Å². The van der Waals surface area contributed by atoms with Gasteiger partial charge in [0.1, 0.15) is 6.54 Å². The molecule has 6 nitrogen and oxygen atoms in total. The number of benzene rings is 2. The largest absolute Gasteiger partial charge is 0.449 e. The number of carbonyl (C=O) groups is 2. The van der Waals surface area contributed by atoms with E-state index < -0.39 is 0 Å². The summed E-state index contributed by atoms with van der Waals surface area (Å²) in [6, 6.07) is 12.9. The van der Waals surface area contributed by atoms with Crippen LogP contribution in [-0.4, -0.2) is 38.1 Å². The third-order valence-electron chi connectivity index (χ3n) is 5.25. The summed E-state index contributed by atoms with van der Waals surface area (Å²) in [4.78, 5) is 27.5. The zero-order chi connectivity index (χ0) is 24.0. The van der Waals surface area contributed by atoms with Crippen LogP contribution in [0.3, 0.4) is 0 Å². The Morgan fingerprint density at radius 2 is 1.91 bits per heavy atom. The van der Waals surface area contributed by atoms with E-state index in [1.165, 1.54) is 4.90 Å². The smallest absolute Gasteiger partial charge is 0.294 e. The van der Waals surface area contributed by atoms with Gasteiger partial charge in [0, 0.05) is 24.8 Å². The minimum atomic E-state index is -0.368. The summed E-state index contributed by atoms with van der Waals surface area (Å²) in [7, 11) is 0. The molecule has 1 aliphatic heterocycles. The molecule has 0 unspecified atom stereocenters. The van der Waals surface area contributed by atoms with Crippen molar-refractivity contribution < 1.29 is 19.1 Å². The van der Waals surface area contributed by atoms with Gasteiger partial charge in [0.25, 0.3) is 5.91 Å². The lowest BCUT2D eigenvalue weighted by molar-refractivity contribution is -0.123. The van der Waals surface area contributed by atoms with Crippen LogP contribution in [0.15, 0.2) is 48.2 Å². The van der Waals surface area contributed by atoms with Crippen molar-refractivity contribution in [3.05, 3.63) is 64.4 Å². The number of rotatable bonds is 8. The molecule has 2 amide bonds. The van der Waals surface area contributed by atoms with Gasteiger partial charge in [-0.2, -0.15) is 0 Å². The molecule has 0 radical (unpaired) electrons. The van der Waals surface area contributed by atoms with Crippen molar-refractivity contribution in [2.24, 2.45) is 0 Å². The standard InChI is InChI=1S/C26H31ClN2O4/c1-5-32-14-6-13-28-24(30)17-29-21-16-19(26(2,3)4)9-12-22(21)33-23(25(29)31)15-18-7-10-20(27)11-8-18/h7-12,15-16H,5-6,13-14,17H2,1-4H3,(H,28,30). The second-order valence-electron chi connectivity index (χ2n) is 8.89. The van der Waals surface area contributed by atoms with Crippen molar-refractivity contribution in [1.29, 1.82) is 0 Å². The van der Waals surface area contributed by atoms with Crippen molar-refractivity contribution in [2.45, 2.75) is 39.5 Å². The maximum Gasteiger partial charge on any atom is 0.294 e. The van der Waals surface area contributed by atoms with Crippen LogP contribution >= 0.6 is 11.6 Å². The SMILES string of the molecule is CCOCCCNC(=O)CN1C(=O)C(=Cc2ccc(Cl)cc2)Oc2ccc(C(C)(C)C)cc21. The normalized spacial score (nSPS) is 14.8. The number of nitrogens with one attached hydrogen (secondary N) is 1. The van der Waals surface area contributed by atoms with E-state index in [2.05, 4.69) is 26.1 Å². The summed E-state index contributed by atoms with van der Waals surface area (Å²) < 4.78 is 11.3. The molecular weight excluding hydrogens is 440 g/mol. The Morgan fingerprint density at radius 1 is 1.18 bits per heavy atom. The topological polar surface area (TPSA) is 67.9 Å². The highest BCUT2D eigenvalue weighted by Gasteiger charge is 2.33. The highest BCUT2D eigenvalue weighted by atomic mass is 35.5. The summed E-state index contributed by atoms with van der Waals surface area (Å²) in [6.45, 7) is 9.84. The molecule has 0 bridgehead atoms. The third kappa shape index (κ3) is 6.59. The van der Waals surface area contributed by atoms with Crippen LogP contribution in [0.1, 0.15) is 45.2 Å². The molecule has 0 atom stereocenters. The lowest BCUT2D eigenvalue weighted by atomic mass is 9.86. The fraction of sp³-hybridized carbons (Fsp3) is 0.385. The summed E-state index contributed by atoms with van der Waals surface area (Å²) in [5.74, 6) is 0.0807. The zero-order valence-corrected chi connectivity index (χ0v) is 20.4. The van der Waals surface area contributed by atoms with Gasteiger partial charge in [-0.05, 0) is 60.2 Å². The number of nitrogens with zero attached hydrogens (tertiary/aromatic N) is 1. The van der Waals surface area contributed by atoms with Gasteiger partial charge >= 0.3 is 0 Å². The van der Waals surface area contributed by atoms with Crippen molar-refractivity contribution in [2.75, 3.05) is 31.2 Å². The predicted molar refractivity (Wildman–Crippen MR) is 132 cm³/mol. The van der Waals surface area contributed by atoms with E-state index in [9.17, 15) is 9.59 Å². The molecule has 0 spiro atoms. The lowest BCUT2D eigenvalue weighted by Crippen LogP contribution is -2.44. The fourth-order valence-electron chi connectivity index (χ4n) is 3.39. The lowest BCUT2D eigenvalue weighted by Gasteiger charge is -2.32. The van der Waals surface area contributed by atoms with Gasteiger partial charge in [-0.25, -0.2) is 0 Å². The molecule has 176 valence electrons. The quantitative estimate of drug-likeness (QED) is 0.438. The molecule has 0 aromatic heterocycles. The van der Waals surface area contributed by atoms with Crippen LogP contribution in [-0.2, 0) is 19.7 Å². The van der Waals surface area contributed by atoms with E-state index in [4.69, 9.17) is 21.1 Å². The number of hydrogen-bond donors (Lipinski definition) is 1. The van der Waals surface area contributed by atoms with Gasteiger partial charge in [0.05, 0.1) is 5.69 Å². The highest BCUT2D eigenvalue weighted by molar-refractivity contribution is 6.30. The predicted octanol–water partition coefficient (Wildman–Crippen LogP) is 4.95. The molecule has 0 fully saturated rings. The van der Waals surface area contributed by atoms with Crippen molar-refractivity contribution >= 4 is 35.2 Å². The number of ether oxygens (including phenoxy) is 2. The Kier molecular flexibility index (Phi) is 8.16. The molecule has 33 heavy (non-hydrogen) atoms. The maximum absolute atomic E-state index is 13.4. The highest BCUT2D eigenvalue weighted by Crippen LogP contribution is 2.39. The summed E-state index contributed by atoms with van der Waals surface area (Å²) in [6.07, 6.45) is 2.37. The molecule has 1 N–H and O–H groups in total. The first-order valence-corrected chi connectivity index (χ1v) is 11.5. The number of hydrogen-bond acceptors (Lipinski definition) is 4. The Labute approximate surface area is 200 Å². The average Bonchev–Trinajstić information content (AvgIpc) is 2.77. The molecular formula is C26H31ClN2O4. The van der Waals surface area contributed by atoms with Gasteiger partial charge in [-0.1, -0.05) is 50.6 Å². The van der Waals surface area contributed by atoms with E-state index >= 15 is 0 Å². The van der Waals surface area contributed by atoms with Crippen LogP contribution in [0.4, 0.5) is 5.69 Å². The molecule has 0 saturated heterocycles. The number of carbonyl (C=O) groups excluding carboxylic acids is 2. The van der Waals surface area contributed by atoms with Gasteiger partial charge in [0.15, 0.2) is 11.5 Å². The maximum atomic E-state index is 13.4. The summed E-state index contributed by atoms with van der Waals surface area (Å²) in [5.41, 5.74) is 2.29. The molecule has 0 saturated carbocycles. The molecule has 1 aliphatic rings. The molecule has 0 aliphatic carbocycles. The minimum Gasteiger partial charge on any atom is -0.449 e. The average molecular weight is 471 g/mol. The van der Waals surface area contributed by atoms with E-state index in [-0.39, 0.29) is 29.5 Å². The Hall–Kier alpha value is -2.83. The number of fused-ring (bicyclic) bond motifs is 1. The van der Waals surface area contributed by atoms with Crippen LogP contribution < -0.4 is 15.0 Å². The van der Waals surface area contributed by atoms with Crippen molar-refractivity contribution in [3.63, 3.8) is 0 Å². The molecule has 3 rings (SSSR count). The summed E-state index contributed by atoms with van der Waals surface area (Å²) >= 11 is 5.97. The van der Waals surface area contributed by atoms with Crippen LogP contribution in [0.5, 0.6) is 5.75 Å². The number of anilines is 1. The molecule has 1 heterocycles. The molecule has 7 heteroatoms. The first kappa shape index (κ1) is 24.8. The van der Waals surface area contributed by atoms with Crippen LogP contribution in [0, 0.1) is 0 Å². The first-order chi connectivity index (χ1) is 15.7.